The highest BCUT2D eigenvalue weighted by Gasteiger charge is 2.27. The molecule has 2 aromatic rings. The zero-order valence-electron chi connectivity index (χ0n) is 13.8. The Balaban J connectivity index is 1.97. The maximum absolute atomic E-state index is 12.1. The first-order chi connectivity index (χ1) is 11.8. The summed E-state index contributed by atoms with van der Waals surface area (Å²) in [5.74, 6) is -0.208. The smallest absolute Gasteiger partial charge is 0.301 e. The fourth-order valence-electron chi connectivity index (χ4n) is 2.76. The van der Waals surface area contributed by atoms with Gasteiger partial charge in [0.1, 0.15) is 0 Å². The quantitative estimate of drug-likeness (QED) is 0.857. The Morgan fingerprint density at radius 3 is 2.48 bits per heavy atom. The van der Waals surface area contributed by atoms with E-state index in [1.54, 1.807) is 24.3 Å². The van der Waals surface area contributed by atoms with Crippen LogP contribution in [0.3, 0.4) is 0 Å². The Morgan fingerprint density at radius 2 is 1.84 bits per heavy atom. The molecule has 0 aromatic heterocycles. The van der Waals surface area contributed by atoms with Crippen LogP contribution in [0.15, 0.2) is 42.5 Å². The summed E-state index contributed by atoms with van der Waals surface area (Å²) in [6.07, 6.45) is 0.331. The van der Waals surface area contributed by atoms with Crippen molar-refractivity contribution < 1.29 is 13.2 Å². The number of carbonyl (C=O) groups is 1. The first-order valence-electron chi connectivity index (χ1n) is 7.66. The minimum absolute atomic E-state index is 0.0967. The highest BCUT2D eigenvalue weighted by Crippen LogP contribution is 2.38. The molecule has 0 unspecified atom stereocenters. The van der Waals surface area contributed by atoms with Gasteiger partial charge in [-0.3, -0.25) is 9.52 Å². The Labute approximate surface area is 152 Å². The summed E-state index contributed by atoms with van der Waals surface area (Å²) >= 11 is 5.94. The molecular weight excluding hydrogens is 362 g/mol. The molecule has 1 heterocycles. The normalized spacial score (nSPS) is 17.1. The van der Waals surface area contributed by atoms with Crippen LogP contribution in [0.5, 0.6) is 0 Å². The number of anilines is 2. The number of fused-ring (bicyclic) bond motifs is 1. The summed E-state index contributed by atoms with van der Waals surface area (Å²) in [7, 11) is -0.719. The molecule has 1 aliphatic heterocycles. The van der Waals surface area contributed by atoms with Crippen LogP contribution in [-0.4, -0.2) is 32.7 Å². The van der Waals surface area contributed by atoms with E-state index in [1.807, 2.05) is 18.2 Å². The fourth-order valence-corrected chi connectivity index (χ4v) is 3.49. The number of benzene rings is 2. The van der Waals surface area contributed by atoms with Gasteiger partial charge in [-0.05, 0) is 35.4 Å². The average Bonchev–Trinajstić information content (AvgIpc) is 2.54. The van der Waals surface area contributed by atoms with E-state index in [2.05, 4.69) is 10.0 Å². The van der Waals surface area contributed by atoms with E-state index in [1.165, 1.54) is 14.1 Å². The lowest BCUT2D eigenvalue weighted by Crippen LogP contribution is -2.29. The Bertz CT molecular complexity index is 911. The molecule has 0 fully saturated rings. The monoisotopic (exact) mass is 379 g/mol. The van der Waals surface area contributed by atoms with Crippen LogP contribution in [-0.2, 0) is 15.0 Å². The third-order valence-electron chi connectivity index (χ3n) is 4.09. The van der Waals surface area contributed by atoms with Crippen molar-refractivity contribution in [3.8, 4) is 0 Å². The molecule has 0 saturated carbocycles. The van der Waals surface area contributed by atoms with Crippen LogP contribution in [0.25, 0.3) is 0 Å². The van der Waals surface area contributed by atoms with Crippen LogP contribution in [0.2, 0.25) is 5.02 Å². The zero-order valence-corrected chi connectivity index (χ0v) is 15.4. The molecule has 0 aliphatic carbocycles. The summed E-state index contributed by atoms with van der Waals surface area (Å²) in [4.78, 5) is 12.1. The van der Waals surface area contributed by atoms with Gasteiger partial charge >= 0.3 is 10.2 Å². The maximum Gasteiger partial charge on any atom is 0.301 e. The van der Waals surface area contributed by atoms with Gasteiger partial charge in [-0.1, -0.05) is 29.8 Å². The van der Waals surface area contributed by atoms with Gasteiger partial charge in [0.2, 0.25) is 5.91 Å². The SMILES string of the molecule is CN(C)S(=O)(=O)Nc1ccc2c(c1)NC(=O)C[C@@H]2c1ccc(Cl)cc1. The van der Waals surface area contributed by atoms with Gasteiger partial charge in [0.25, 0.3) is 0 Å². The average molecular weight is 380 g/mol. The summed E-state index contributed by atoms with van der Waals surface area (Å²) in [5.41, 5.74) is 2.93. The van der Waals surface area contributed by atoms with Crippen molar-refractivity contribution >= 4 is 39.1 Å². The molecule has 132 valence electrons. The summed E-state index contributed by atoms with van der Waals surface area (Å²) in [5, 5.41) is 3.45. The van der Waals surface area contributed by atoms with E-state index < -0.39 is 10.2 Å². The molecule has 2 aromatic carbocycles. The molecule has 1 amide bonds. The largest absolute Gasteiger partial charge is 0.326 e. The minimum Gasteiger partial charge on any atom is -0.326 e. The van der Waals surface area contributed by atoms with Crippen LogP contribution in [0.4, 0.5) is 11.4 Å². The van der Waals surface area contributed by atoms with Crippen LogP contribution in [0, 0.1) is 0 Å². The van der Waals surface area contributed by atoms with E-state index in [4.69, 9.17) is 11.6 Å². The van der Waals surface area contributed by atoms with E-state index in [0.717, 1.165) is 15.4 Å². The number of halogens is 1. The van der Waals surface area contributed by atoms with Gasteiger partial charge in [-0.25, -0.2) is 0 Å². The second kappa shape index (κ2) is 6.67. The van der Waals surface area contributed by atoms with Gasteiger partial charge in [0.05, 0.1) is 5.69 Å². The van der Waals surface area contributed by atoms with E-state index in [9.17, 15) is 13.2 Å². The minimum atomic E-state index is -3.61. The standard InChI is InChI=1S/C17H18ClN3O3S/c1-21(2)25(23,24)20-13-7-8-14-15(10-17(22)19-16(14)9-13)11-3-5-12(18)6-4-11/h3-9,15,20H,10H2,1-2H3,(H,19,22)/t15-/m1/s1. The molecule has 3 rings (SSSR count). The Hall–Kier alpha value is -2.09. The van der Waals surface area contributed by atoms with Crippen molar-refractivity contribution in [2.45, 2.75) is 12.3 Å². The Morgan fingerprint density at radius 1 is 1.16 bits per heavy atom. The predicted molar refractivity (Wildman–Crippen MR) is 99.2 cm³/mol. The summed E-state index contributed by atoms with van der Waals surface area (Å²) in [6, 6.07) is 12.6. The van der Waals surface area contributed by atoms with Gasteiger partial charge in [0.15, 0.2) is 0 Å². The number of rotatable bonds is 4. The number of hydrogen-bond acceptors (Lipinski definition) is 3. The second-order valence-electron chi connectivity index (χ2n) is 6.05. The fraction of sp³-hybridized carbons (Fsp3) is 0.235. The molecule has 8 heteroatoms. The van der Waals surface area contributed by atoms with Crippen molar-refractivity contribution in [3.63, 3.8) is 0 Å². The van der Waals surface area contributed by atoms with Crippen molar-refractivity contribution in [1.82, 2.24) is 4.31 Å². The molecule has 0 bridgehead atoms. The van der Waals surface area contributed by atoms with E-state index >= 15 is 0 Å². The first-order valence-corrected chi connectivity index (χ1v) is 9.47. The number of nitrogens with one attached hydrogen (secondary N) is 2. The topological polar surface area (TPSA) is 78.5 Å². The van der Waals surface area contributed by atoms with Gasteiger partial charge in [-0.2, -0.15) is 12.7 Å². The molecule has 0 spiro atoms. The molecule has 2 N–H and O–H groups in total. The highest BCUT2D eigenvalue weighted by atomic mass is 35.5. The zero-order chi connectivity index (χ0) is 18.2. The van der Waals surface area contributed by atoms with Crippen molar-refractivity contribution in [2.75, 3.05) is 24.1 Å². The lowest BCUT2D eigenvalue weighted by molar-refractivity contribution is -0.116. The third kappa shape index (κ3) is 3.78. The second-order valence-corrected chi connectivity index (χ2v) is 8.37. The highest BCUT2D eigenvalue weighted by molar-refractivity contribution is 7.90. The van der Waals surface area contributed by atoms with Crippen molar-refractivity contribution in [2.24, 2.45) is 0 Å². The molecule has 6 nitrogen and oxygen atoms in total. The van der Waals surface area contributed by atoms with Crippen LogP contribution < -0.4 is 10.0 Å². The molecule has 0 radical (unpaired) electrons. The molecule has 25 heavy (non-hydrogen) atoms. The van der Waals surface area contributed by atoms with Crippen LogP contribution in [0.1, 0.15) is 23.5 Å². The molecule has 0 saturated heterocycles. The van der Waals surface area contributed by atoms with Crippen LogP contribution >= 0.6 is 11.6 Å². The lowest BCUT2D eigenvalue weighted by atomic mass is 9.85. The lowest BCUT2D eigenvalue weighted by Gasteiger charge is -2.27. The Kier molecular flexibility index (Phi) is 4.73. The first kappa shape index (κ1) is 17.7. The van der Waals surface area contributed by atoms with Crippen molar-refractivity contribution in [3.05, 3.63) is 58.6 Å². The maximum atomic E-state index is 12.1. The third-order valence-corrected chi connectivity index (χ3v) is 5.80. The summed E-state index contributed by atoms with van der Waals surface area (Å²) in [6.45, 7) is 0. The molecule has 1 atom stereocenters. The van der Waals surface area contributed by atoms with Gasteiger partial charge < -0.3 is 5.32 Å². The number of amides is 1. The number of hydrogen-bond donors (Lipinski definition) is 2. The van der Waals surface area contributed by atoms with Gasteiger partial charge in [0, 0.05) is 37.1 Å². The van der Waals surface area contributed by atoms with Gasteiger partial charge in [-0.15, -0.1) is 0 Å². The molecule has 1 aliphatic rings. The number of carbonyl (C=O) groups excluding carboxylic acids is 1. The predicted octanol–water partition coefficient (Wildman–Crippen LogP) is 3.03. The molecular formula is C17H18ClN3O3S. The van der Waals surface area contributed by atoms with Crippen molar-refractivity contribution in [1.29, 1.82) is 0 Å². The summed E-state index contributed by atoms with van der Waals surface area (Å²) < 4.78 is 27.5. The van der Waals surface area contributed by atoms with E-state index in [-0.39, 0.29) is 11.8 Å². The van der Waals surface area contributed by atoms with E-state index in [0.29, 0.717) is 22.8 Å². The number of nitrogens with zero attached hydrogens (tertiary/aromatic N) is 1.